The molecular formula is C19H25N5O2S. The summed E-state index contributed by atoms with van der Waals surface area (Å²) in [5.74, 6) is 0. The van der Waals surface area contributed by atoms with Gasteiger partial charge in [0.15, 0.2) is 0 Å². The van der Waals surface area contributed by atoms with Gasteiger partial charge in [-0.3, -0.25) is 9.58 Å². The molecule has 3 heterocycles. The molecule has 1 fully saturated rings. The molecule has 0 radical (unpaired) electrons. The van der Waals surface area contributed by atoms with Crippen LogP contribution in [-0.4, -0.2) is 47.3 Å². The van der Waals surface area contributed by atoms with Gasteiger partial charge in [0.2, 0.25) is 10.0 Å². The van der Waals surface area contributed by atoms with E-state index < -0.39 is 10.0 Å². The molecule has 7 nitrogen and oxygen atoms in total. The molecule has 2 aromatic heterocycles. The number of piperidine rings is 1. The fourth-order valence-electron chi connectivity index (χ4n) is 3.77. The lowest BCUT2D eigenvalue weighted by atomic mass is 10.1. The number of benzene rings is 1. The van der Waals surface area contributed by atoms with E-state index in [1.165, 1.54) is 6.42 Å². The Labute approximate surface area is 159 Å². The van der Waals surface area contributed by atoms with Gasteiger partial charge in [-0.25, -0.2) is 8.42 Å². The van der Waals surface area contributed by atoms with E-state index in [-0.39, 0.29) is 6.17 Å². The lowest BCUT2D eigenvalue weighted by Gasteiger charge is -2.34. The van der Waals surface area contributed by atoms with Crippen molar-refractivity contribution in [2.45, 2.75) is 43.3 Å². The average Bonchev–Trinajstić information content (AvgIpc) is 3.37. The van der Waals surface area contributed by atoms with Crippen LogP contribution in [0.3, 0.4) is 0 Å². The van der Waals surface area contributed by atoms with Gasteiger partial charge in [0.1, 0.15) is 0 Å². The summed E-state index contributed by atoms with van der Waals surface area (Å²) in [4.78, 5) is 5.65. The summed E-state index contributed by atoms with van der Waals surface area (Å²) in [6.07, 6.45) is 9.26. The second-order valence-corrected chi connectivity index (χ2v) is 8.67. The van der Waals surface area contributed by atoms with E-state index in [1.54, 1.807) is 24.5 Å². The van der Waals surface area contributed by atoms with Crippen molar-refractivity contribution in [3.63, 3.8) is 0 Å². The average molecular weight is 388 g/mol. The van der Waals surface area contributed by atoms with Gasteiger partial charge in [0.25, 0.3) is 0 Å². The van der Waals surface area contributed by atoms with Crippen molar-refractivity contribution in [2.75, 3.05) is 13.1 Å². The predicted molar refractivity (Wildman–Crippen MR) is 105 cm³/mol. The molecule has 144 valence electrons. The van der Waals surface area contributed by atoms with Crippen LogP contribution in [0.5, 0.6) is 0 Å². The van der Waals surface area contributed by atoms with Crippen LogP contribution in [0.25, 0.3) is 10.9 Å². The molecular weight excluding hydrogens is 362 g/mol. The minimum atomic E-state index is -3.64. The van der Waals surface area contributed by atoms with Gasteiger partial charge in [-0.2, -0.15) is 9.82 Å². The molecule has 0 aliphatic carbocycles. The number of H-pyrrole nitrogens is 1. The zero-order chi connectivity index (χ0) is 18.7. The van der Waals surface area contributed by atoms with Crippen molar-refractivity contribution in [1.29, 1.82) is 0 Å². The number of likely N-dealkylation sites (tertiary alicyclic amines) is 1. The fraction of sp³-hybridized carbons (Fsp3) is 0.421. The summed E-state index contributed by atoms with van der Waals surface area (Å²) in [6.45, 7) is 2.51. The number of hydrogen-bond donors (Lipinski definition) is 2. The van der Waals surface area contributed by atoms with Gasteiger partial charge in [-0.05, 0) is 56.6 Å². The van der Waals surface area contributed by atoms with Gasteiger partial charge in [0, 0.05) is 36.0 Å². The number of rotatable bonds is 7. The zero-order valence-corrected chi connectivity index (χ0v) is 16.0. The number of aromatic nitrogens is 3. The second-order valence-electron chi connectivity index (χ2n) is 6.99. The molecule has 0 saturated carbocycles. The summed E-state index contributed by atoms with van der Waals surface area (Å²) in [6, 6.07) is 9.01. The molecule has 1 unspecified atom stereocenters. The third-order valence-corrected chi connectivity index (χ3v) is 6.68. The maximum Gasteiger partial charge on any atom is 0.242 e. The Morgan fingerprint density at radius 2 is 2.00 bits per heavy atom. The van der Waals surface area contributed by atoms with Gasteiger partial charge in [-0.15, -0.1) is 0 Å². The molecule has 1 aromatic carbocycles. The molecule has 4 rings (SSSR count). The Morgan fingerprint density at radius 3 is 2.78 bits per heavy atom. The highest BCUT2D eigenvalue weighted by Crippen LogP contribution is 2.23. The Hall–Kier alpha value is -2.16. The molecule has 8 heteroatoms. The summed E-state index contributed by atoms with van der Waals surface area (Å²) >= 11 is 0. The zero-order valence-electron chi connectivity index (χ0n) is 15.2. The van der Waals surface area contributed by atoms with E-state index in [0.717, 1.165) is 36.8 Å². The molecule has 1 aliphatic rings. The Morgan fingerprint density at radius 1 is 1.15 bits per heavy atom. The van der Waals surface area contributed by atoms with Crippen molar-refractivity contribution in [2.24, 2.45) is 0 Å². The van der Waals surface area contributed by atoms with Crippen LogP contribution >= 0.6 is 0 Å². The monoisotopic (exact) mass is 387 g/mol. The number of fused-ring (bicyclic) bond motifs is 1. The largest absolute Gasteiger partial charge is 0.361 e. The van der Waals surface area contributed by atoms with Crippen LogP contribution in [-0.2, 0) is 16.6 Å². The number of nitrogens with zero attached hydrogens (tertiary/aromatic N) is 3. The quantitative estimate of drug-likeness (QED) is 0.653. The minimum absolute atomic E-state index is 0.242. The highest BCUT2D eigenvalue weighted by Gasteiger charge is 2.27. The topological polar surface area (TPSA) is 83.0 Å². The summed E-state index contributed by atoms with van der Waals surface area (Å²) in [7, 11) is -3.64. The smallest absolute Gasteiger partial charge is 0.242 e. The van der Waals surface area contributed by atoms with E-state index in [2.05, 4.69) is 19.7 Å². The first-order chi connectivity index (χ1) is 13.1. The van der Waals surface area contributed by atoms with Crippen molar-refractivity contribution >= 4 is 20.9 Å². The maximum absolute atomic E-state index is 13.2. The highest BCUT2D eigenvalue weighted by atomic mass is 32.2. The highest BCUT2D eigenvalue weighted by molar-refractivity contribution is 7.89. The molecule has 27 heavy (non-hydrogen) atoms. The third-order valence-electron chi connectivity index (χ3n) is 5.16. The summed E-state index contributed by atoms with van der Waals surface area (Å²) in [5, 5.41) is 4.96. The Balaban J connectivity index is 1.58. The van der Waals surface area contributed by atoms with Gasteiger partial charge < -0.3 is 4.98 Å². The number of aryl methyl sites for hydroxylation is 1. The molecule has 1 atom stereocenters. The first kappa shape index (κ1) is 18.2. The van der Waals surface area contributed by atoms with Crippen LogP contribution in [0, 0.1) is 0 Å². The first-order valence-electron chi connectivity index (χ1n) is 9.43. The lowest BCUT2D eigenvalue weighted by molar-refractivity contribution is 0.141. The number of hydrogen-bond acceptors (Lipinski definition) is 4. The molecule has 3 aromatic rings. The molecule has 0 spiro atoms. The standard InChI is InChI=1S/C19H25N5O2S/c25-27(26,18-7-4-6-17-16(18)8-11-20-17)22-19(23-12-2-1-3-13-23)9-15-24-14-5-10-21-24/h4-8,10-11,14,19-20,22H,1-3,9,12-13,15H2. The van der Waals surface area contributed by atoms with Crippen LogP contribution in [0.1, 0.15) is 25.7 Å². The molecule has 0 bridgehead atoms. The van der Waals surface area contributed by atoms with Gasteiger partial charge in [-0.1, -0.05) is 12.5 Å². The molecule has 1 aliphatic heterocycles. The predicted octanol–water partition coefficient (Wildman–Crippen LogP) is 2.54. The van der Waals surface area contributed by atoms with Crippen molar-refractivity contribution in [1.82, 2.24) is 24.4 Å². The summed E-state index contributed by atoms with van der Waals surface area (Å²) in [5.41, 5.74) is 0.823. The van der Waals surface area contributed by atoms with Gasteiger partial charge >= 0.3 is 0 Å². The van der Waals surface area contributed by atoms with Crippen molar-refractivity contribution in [3.05, 3.63) is 48.9 Å². The van der Waals surface area contributed by atoms with Crippen LogP contribution in [0.4, 0.5) is 0 Å². The van der Waals surface area contributed by atoms with E-state index in [9.17, 15) is 8.42 Å². The number of aromatic amines is 1. The van der Waals surface area contributed by atoms with Crippen molar-refractivity contribution < 1.29 is 8.42 Å². The molecule has 1 saturated heterocycles. The number of nitrogens with one attached hydrogen (secondary N) is 2. The normalized spacial score (nSPS) is 17.3. The second kappa shape index (κ2) is 7.84. The number of sulfonamides is 1. The SMILES string of the molecule is O=S(=O)(NC(CCn1cccn1)N1CCCCC1)c1cccc2[nH]ccc12. The van der Waals surface area contributed by atoms with E-state index in [1.807, 2.05) is 29.1 Å². The minimum Gasteiger partial charge on any atom is -0.361 e. The van der Waals surface area contributed by atoms with Crippen LogP contribution < -0.4 is 4.72 Å². The first-order valence-corrected chi connectivity index (χ1v) is 10.9. The molecule has 0 amide bonds. The van der Waals surface area contributed by atoms with Crippen molar-refractivity contribution in [3.8, 4) is 0 Å². The van der Waals surface area contributed by atoms with Gasteiger partial charge in [0.05, 0.1) is 11.1 Å². The maximum atomic E-state index is 13.2. The van der Waals surface area contributed by atoms with E-state index >= 15 is 0 Å². The lowest BCUT2D eigenvalue weighted by Crippen LogP contribution is -2.50. The van der Waals surface area contributed by atoms with E-state index in [4.69, 9.17) is 0 Å². The Bertz CT molecular complexity index is 975. The van der Waals surface area contributed by atoms with Crippen LogP contribution in [0.2, 0.25) is 0 Å². The Kier molecular flexibility index (Phi) is 5.29. The van der Waals surface area contributed by atoms with E-state index in [0.29, 0.717) is 17.9 Å². The summed E-state index contributed by atoms with van der Waals surface area (Å²) < 4.78 is 31.2. The third kappa shape index (κ3) is 4.07. The fourth-order valence-corrected chi connectivity index (χ4v) is 5.24. The molecule has 2 N–H and O–H groups in total. The van der Waals surface area contributed by atoms with Crippen LogP contribution in [0.15, 0.2) is 53.8 Å².